The van der Waals surface area contributed by atoms with E-state index in [2.05, 4.69) is 29.2 Å². The molecule has 116 valence electrons. The Kier molecular flexibility index (Phi) is 5.18. The summed E-state index contributed by atoms with van der Waals surface area (Å²) >= 11 is 0. The van der Waals surface area contributed by atoms with Gasteiger partial charge in [0.15, 0.2) is 0 Å². The number of nitrogens with zero attached hydrogens (tertiary/aromatic N) is 1. The van der Waals surface area contributed by atoms with Gasteiger partial charge in [0.2, 0.25) is 0 Å². The Morgan fingerprint density at radius 3 is 1.71 bits per heavy atom. The molecule has 0 heterocycles. The predicted molar refractivity (Wildman–Crippen MR) is 90.1 cm³/mol. The van der Waals surface area contributed by atoms with Crippen molar-refractivity contribution >= 4 is 5.69 Å². The Morgan fingerprint density at radius 2 is 1.24 bits per heavy atom. The van der Waals surface area contributed by atoms with Crippen molar-refractivity contribution in [2.45, 2.75) is 82.8 Å². The molecular formula is C19H30N2. The van der Waals surface area contributed by atoms with Crippen LogP contribution in [0.4, 0.5) is 5.69 Å². The molecule has 3 rings (SSSR count). The summed E-state index contributed by atoms with van der Waals surface area (Å²) in [6.07, 6.45) is 14.2. The van der Waals surface area contributed by atoms with Gasteiger partial charge < -0.3 is 5.73 Å². The number of nitrogens with two attached hydrogens (primary N) is 1. The summed E-state index contributed by atoms with van der Waals surface area (Å²) in [4.78, 5) is 2.85. The van der Waals surface area contributed by atoms with E-state index >= 15 is 0 Å². The molecule has 0 amide bonds. The highest BCUT2D eigenvalue weighted by Crippen LogP contribution is 2.31. The number of hydrogen-bond donors (Lipinski definition) is 1. The maximum Gasteiger partial charge on any atom is 0.0314 e. The van der Waals surface area contributed by atoms with Crippen LogP contribution in [0.3, 0.4) is 0 Å². The summed E-state index contributed by atoms with van der Waals surface area (Å²) in [5.41, 5.74) is 8.14. The van der Waals surface area contributed by atoms with Crippen molar-refractivity contribution < 1.29 is 0 Å². The lowest BCUT2D eigenvalue weighted by Gasteiger charge is -2.41. The molecule has 2 aliphatic carbocycles. The van der Waals surface area contributed by atoms with Gasteiger partial charge in [-0.25, -0.2) is 0 Å². The summed E-state index contributed by atoms with van der Waals surface area (Å²) < 4.78 is 0. The molecule has 0 radical (unpaired) electrons. The third-order valence-electron chi connectivity index (χ3n) is 5.43. The molecule has 0 atom stereocenters. The van der Waals surface area contributed by atoms with Gasteiger partial charge in [-0.2, -0.15) is 0 Å². The van der Waals surface area contributed by atoms with Gasteiger partial charge in [0.1, 0.15) is 0 Å². The lowest BCUT2D eigenvalue weighted by Crippen LogP contribution is -2.44. The van der Waals surface area contributed by atoms with Crippen LogP contribution in [-0.2, 0) is 6.54 Å². The van der Waals surface area contributed by atoms with Gasteiger partial charge in [0, 0.05) is 24.3 Å². The van der Waals surface area contributed by atoms with Crippen LogP contribution in [0.25, 0.3) is 0 Å². The molecular weight excluding hydrogens is 256 g/mol. The standard InChI is InChI=1S/C19H30N2/c20-17-13-11-16(12-14-17)15-21(18-7-3-1-4-8-18)19-9-5-2-6-10-19/h11-14,18-19H,1-10,15,20H2. The largest absolute Gasteiger partial charge is 0.399 e. The molecule has 0 unspecified atom stereocenters. The van der Waals surface area contributed by atoms with Crippen LogP contribution in [0.15, 0.2) is 24.3 Å². The molecule has 2 aliphatic rings. The molecule has 1 aromatic rings. The van der Waals surface area contributed by atoms with Gasteiger partial charge in [-0.15, -0.1) is 0 Å². The fourth-order valence-corrected chi connectivity index (χ4v) is 4.22. The van der Waals surface area contributed by atoms with Crippen LogP contribution in [0, 0.1) is 0 Å². The SMILES string of the molecule is Nc1ccc(CN(C2CCCCC2)C2CCCCC2)cc1. The van der Waals surface area contributed by atoms with Crippen molar-refractivity contribution in [1.29, 1.82) is 0 Å². The number of hydrogen-bond acceptors (Lipinski definition) is 2. The Morgan fingerprint density at radius 1 is 0.762 bits per heavy atom. The number of nitrogen functional groups attached to an aromatic ring is 1. The quantitative estimate of drug-likeness (QED) is 0.810. The third kappa shape index (κ3) is 4.00. The van der Waals surface area contributed by atoms with E-state index < -0.39 is 0 Å². The highest BCUT2D eigenvalue weighted by Gasteiger charge is 2.28. The zero-order valence-electron chi connectivity index (χ0n) is 13.3. The lowest BCUT2D eigenvalue weighted by atomic mass is 9.88. The molecule has 0 saturated heterocycles. The van der Waals surface area contributed by atoms with E-state index in [4.69, 9.17) is 5.73 Å². The summed E-state index contributed by atoms with van der Waals surface area (Å²) in [5, 5.41) is 0. The molecule has 2 heteroatoms. The third-order valence-corrected chi connectivity index (χ3v) is 5.43. The molecule has 2 nitrogen and oxygen atoms in total. The van der Waals surface area contributed by atoms with Gasteiger partial charge in [0.05, 0.1) is 0 Å². The number of rotatable bonds is 4. The Labute approximate surface area is 129 Å². The number of benzene rings is 1. The minimum Gasteiger partial charge on any atom is -0.399 e. The Bertz CT molecular complexity index is 396. The zero-order valence-corrected chi connectivity index (χ0v) is 13.3. The highest BCUT2D eigenvalue weighted by molar-refractivity contribution is 5.39. The number of anilines is 1. The van der Waals surface area contributed by atoms with Crippen LogP contribution in [0.2, 0.25) is 0 Å². The maximum absolute atomic E-state index is 5.83. The lowest BCUT2D eigenvalue weighted by molar-refractivity contribution is 0.0731. The summed E-state index contributed by atoms with van der Waals surface area (Å²) in [7, 11) is 0. The maximum atomic E-state index is 5.83. The first kappa shape index (κ1) is 14.9. The summed E-state index contributed by atoms with van der Waals surface area (Å²) in [6, 6.07) is 10.2. The summed E-state index contributed by atoms with van der Waals surface area (Å²) in [6.45, 7) is 1.12. The topological polar surface area (TPSA) is 29.3 Å². The van der Waals surface area contributed by atoms with E-state index in [-0.39, 0.29) is 0 Å². The molecule has 2 N–H and O–H groups in total. The molecule has 0 aromatic heterocycles. The first-order valence-electron chi connectivity index (χ1n) is 8.93. The Balaban J connectivity index is 1.72. The second kappa shape index (κ2) is 7.31. The van der Waals surface area contributed by atoms with Gasteiger partial charge in [-0.1, -0.05) is 50.7 Å². The van der Waals surface area contributed by atoms with Gasteiger partial charge in [-0.3, -0.25) is 4.90 Å². The van der Waals surface area contributed by atoms with Crippen molar-refractivity contribution in [3.63, 3.8) is 0 Å². The normalized spacial score (nSPS) is 21.8. The van der Waals surface area contributed by atoms with E-state index in [1.807, 2.05) is 0 Å². The smallest absolute Gasteiger partial charge is 0.0314 e. The van der Waals surface area contributed by atoms with E-state index in [1.165, 1.54) is 69.8 Å². The zero-order chi connectivity index (χ0) is 14.5. The fourth-order valence-electron chi connectivity index (χ4n) is 4.22. The molecule has 0 spiro atoms. The fraction of sp³-hybridized carbons (Fsp3) is 0.684. The average Bonchev–Trinajstić information content (AvgIpc) is 2.56. The average molecular weight is 286 g/mol. The Hall–Kier alpha value is -1.02. The molecule has 0 bridgehead atoms. The van der Waals surface area contributed by atoms with Crippen molar-refractivity contribution in [1.82, 2.24) is 4.90 Å². The molecule has 0 aliphatic heterocycles. The molecule has 2 saturated carbocycles. The van der Waals surface area contributed by atoms with Crippen molar-refractivity contribution in [3.8, 4) is 0 Å². The second-order valence-electron chi connectivity index (χ2n) is 7.00. The highest BCUT2D eigenvalue weighted by atomic mass is 15.2. The molecule has 2 fully saturated rings. The van der Waals surface area contributed by atoms with Crippen molar-refractivity contribution in [2.24, 2.45) is 0 Å². The van der Waals surface area contributed by atoms with Crippen molar-refractivity contribution in [2.75, 3.05) is 5.73 Å². The molecule has 1 aromatic carbocycles. The minimum atomic E-state index is 0.819. The van der Waals surface area contributed by atoms with Crippen molar-refractivity contribution in [3.05, 3.63) is 29.8 Å². The minimum absolute atomic E-state index is 0.819. The van der Waals surface area contributed by atoms with Crippen LogP contribution in [0.1, 0.15) is 69.8 Å². The van der Waals surface area contributed by atoms with Crippen LogP contribution >= 0.6 is 0 Å². The van der Waals surface area contributed by atoms with E-state index in [0.717, 1.165) is 24.3 Å². The van der Waals surface area contributed by atoms with Crippen LogP contribution < -0.4 is 5.73 Å². The van der Waals surface area contributed by atoms with Crippen LogP contribution in [0.5, 0.6) is 0 Å². The van der Waals surface area contributed by atoms with Crippen LogP contribution in [-0.4, -0.2) is 17.0 Å². The first-order chi connectivity index (χ1) is 10.3. The molecule has 21 heavy (non-hydrogen) atoms. The van der Waals surface area contributed by atoms with E-state index in [9.17, 15) is 0 Å². The second-order valence-corrected chi connectivity index (χ2v) is 7.00. The van der Waals surface area contributed by atoms with E-state index in [0.29, 0.717) is 0 Å². The predicted octanol–water partition coefficient (Wildman–Crippen LogP) is 4.74. The van der Waals surface area contributed by atoms with Gasteiger partial charge in [-0.05, 0) is 43.4 Å². The van der Waals surface area contributed by atoms with E-state index in [1.54, 1.807) is 0 Å². The van der Waals surface area contributed by atoms with Gasteiger partial charge >= 0.3 is 0 Å². The van der Waals surface area contributed by atoms with Gasteiger partial charge in [0.25, 0.3) is 0 Å². The first-order valence-corrected chi connectivity index (χ1v) is 8.93. The summed E-state index contributed by atoms with van der Waals surface area (Å²) in [5.74, 6) is 0. The monoisotopic (exact) mass is 286 g/mol.